The van der Waals surface area contributed by atoms with Crippen molar-refractivity contribution < 1.29 is 13.9 Å². The van der Waals surface area contributed by atoms with Crippen molar-refractivity contribution in [2.45, 2.75) is 0 Å². The van der Waals surface area contributed by atoms with Crippen molar-refractivity contribution in [1.82, 2.24) is 0 Å². The molecule has 1 N–H and O–H groups in total. The van der Waals surface area contributed by atoms with Gasteiger partial charge in [-0.05, 0) is 0 Å². The van der Waals surface area contributed by atoms with Gasteiger partial charge in [0.2, 0.25) is 0 Å². The van der Waals surface area contributed by atoms with E-state index in [4.69, 9.17) is 9.05 Å². The molecule has 5 aromatic rings. The van der Waals surface area contributed by atoms with Crippen LogP contribution in [0.5, 0.6) is 11.5 Å². The first-order valence-electron chi connectivity index (χ1n) is 11.4. The molecule has 5 rings (SSSR count). The Morgan fingerprint density at radius 1 is 0.486 bits per heavy atom. The topological polar surface area (TPSA) is 38.7 Å². The van der Waals surface area contributed by atoms with E-state index in [1.807, 2.05) is 121 Å². The Hall–Kier alpha value is -3.48. The van der Waals surface area contributed by atoms with Gasteiger partial charge in [0.25, 0.3) is 0 Å². The van der Waals surface area contributed by atoms with E-state index >= 15 is 0 Å². The zero-order chi connectivity index (χ0) is 23.9. The summed E-state index contributed by atoms with van der Waals surface area (Å²) in [5.41, 5.74) is 0. The van der Waals surface area contributed by atoms with Gasteiger partial charge in [-0.15, -0.1) is 0 Å². The van der Waals surface area contributed by atoms with Crippen LogP contribution in [-0.4, -0.2) is 4.89 Å². The normalized spacial score (nSPS) is 11.7. The molecule has 0 aliphatic carbocycles. The van der Waals surface area contributed by atoms with Gasteiger partial charge in [0, 0.05) is 0 Å². The zero-order valence-electron chi connectivity index (χ0n) is 19.1. The van der Waals surface area contributed by atoms with E-state index < -0.39 is 15.9 Å². The van der Waals surface area contributed by atoms with Crippen molar-refractivity contribution in [3.63, 3.8) is 0 Å². The number of benzene rings is 5. The third-order valence-electron chi connectivity index (χ3n) is 5.58. The second-order valence-electron chi connectivity index (χ2n) is 8.01. The summed E-state index contributed by atoms with van der Waals surface area (Å²) >= 11 is 0. The van der Waals surface area contributed by atoms with Gasteiger partial charge in [0.05, 0.1) is 0 Å². The van der Waals surface area contributed by atoms with E-state index in [0.717, 1.165) is 21.2 Å². The molecule has 0 aliphatic rings. The first-order valence-corrected chi connectivity index (χ1v) is 14.5. The van der Waals surface area contributed by atoms with Crippen LogP contribution < -0.4 is 30.3 Å². The van der Waals surface area contributed by atoms with E-state index in [0.29, 0.717) is 11.5 Å². The van der Waals surface area contributed by atoms with Gasteiger partial charge < -0.3 is 0 Å². The summed E-state index contributed by atoms with van der Waals surface area (Å²) in [5, 5.41) is 3.82. The van der Waals surface area contributed by atoms with Crippen LogP contribution in [0.3, 0.4) is 0 Å². The molecule has 0 aliphatic heterocycles. The van der Waals surface area contributed by atoms with Gasteiger partial charge in [-0.1, -0.05) is 0 Å². The van der Waals surface area contributed by atoms with Gasteiger partial charge in [-0.3, -0.25) is 0 Å². The molecule has 0 spiro atoms. The number of hydrogen-bond donors (Lipinski definition) is 1. The van der Waals surface area contributed by atoms with Gasteiger partial charge in [0.1, 0.15) is 0 Å². The summed E-state index contributed by atoms with van der Waals surface area (Å²) < 4.78 is 13.0. The van der Waals surface area contributed by atoms with Crippen molar-refractivity contribution >= 4 is 37.1 Å². The second-order valence-corrected chi connectivity index (χ2v) is 12.5. The van der Waals surface area contributed by atoms with Crippen molar-refractivity contribution in [1.29, 1.82) is 0 Å². The van der Waals surface area contributed by atoms with Gasteiger partial charge in [-0.25, -0.2) is 0 Å². The van der Waals surface area contributed by atoms with Crippen LogP contribution in [-0.2, 0) is 0 Å². The van der Waals surface area contributed by atoms with Crippen molar-refractivity contribution in [2.24, 2.45) is 0 Å². The standard InChI is InChI=1S/C30H26O3P2/c31-35(29-20-9-3-10-21-29,30-22-11-4-12-23-30)33-26-15-13-14-25(24-26)32-34(27-16-5-1-6-17-27)28-18-7-2-8-19-28/h1-24,31,35H. The Morgan fingerprint density at radius 2 is 0.914 bits per heavy atom. The maximum absolute atomic E-state index is 11.9. The summed E-state index contributed by atoms with van der Waals surface area (Å²) in [6.07, 6.45) is 0. The van der Waals surface area contributed by atoms with Crippen LogP contribution in [0.25, 0.3) is 0 Å². The molecular formula is C30H26O3P2. The molecular weight excluding hydrogens is 470 g/mol. The molecule has 0 saturated heterocycles. The van der Waals surface area contributed by atoms with E-state index in [-0.39, 0.29) is 0 Å². The number of hydrogen-bond acceptors (Lipinski definition) is 3. The Balaban J connectivity index is 1.48. The fraction of sp³-hybridized carbons (Fsp3) is 0. The van der Waals surface area contributed by atoms with Crippen molar-refractivity contribution in [3.05, 3.63) is 146 Å². The minimum absolute atomic E-state index is 0.570. The molecule has 0 aromatic heterocycles. The Kier molecular flexibility index (Phi) is 7.21. The molecule has 0 saturated carbocycles. The van der Waals surface area contributed by atoms with Crippen LogP contribution in [0.2, 0.25) is 0 Å². The molecule has 35 heavy (non-hydrogen) atoms. The summed E-state index contributed by atoms with van der Waals surface area (Å²) in [6.45, 7) is 0. The van der Waals surface area contributed by atoms with Crippen LogP contribution in [0.15, 0.2) is 146 Å². The predicted octanol–water partition coefficient (Wildman–Crippen LogP) is 5.72. The van der Waals surface area contributed by atoms with Crippen LogP contribution >= 0.6 is 15.9 Å². The third-order valence-corrected chi connectivity index (χ3v) is 10.3. The summed E-state index contributed by atoms with van der Waals surface area (Å²) in [5.74, 6) is 1.26. The molecule has 5 aromatic carbocycles. The first kappa shape index (κ1) is 23.3. The van der Waals surface area contributed by atoms with Crippen LogP contribution in [0, 0.1) is 0 Å². The van der Waals surface area contributed by atoms with Crippen molar-refractivity contribution in [3.8, 4) is 11.5 Å². The average molecular weight is 496 g/mol. The van der Waals surface area contributed by atoms with Gasteiger partial charge in [0.15, 0.2) is 0 Å². The van der Waals surface area contributed by atoms with Gasteiger partial charge in [-0.2, -0.15) is 0 Å². The van der Waals surface area contributed by atoms with E-state index in [1.54, 1.807) is 0 Å². The molecule has 0 fully saturated rings. The molecule has 174 valence electrons. The minimum atomic E-state index is -3.48. The summed E-state index contributed by atoms with van der Waals surface area (Å²) in [4.78, 5) is 11.9. The zero-order valence-corrected chi connectivity index (χ0v) is 21.0. The predicted molar refractivity (Wildman–Crippen MR) is 149 cm³/mol. The Morgan fingerprint density at radius 3 is 1.40 bits per heavy atom. The maximum atomic E-state index is 11.9. The van der Waals surface area contributed by atoms with Crippen LogP contribution in [0.4, 0.5) is 0 Å². The quantitative estimate of drug-likeness (QED) is 0.280. The van der Waals surface area contributed by atoms with E-state index in [1.165, 1.54) is 0 Å². The molecule has 0 bridgehead atoms. The molecule has 0 unspecified atom stereocenters. The second kappa shape index (κ2) is 10.8. The molecule has 0 heterocycles. The molecule has 0 atom stereocenters. The van der Waals surface area contributed by atoms with E-state index in [9.17, 15) is 4.89 Å². The van der Waals surface area contributed by atoms with E-state index in [2.05, 4.69) is 24.3 Å². The monoisotopic (exact) mass is 496 g/mol. The first-order chi connectivity index (χ1) is 17.2. The Labute approximate surface area is 208 Å². The summed E-state index contributed by atoms with van der Waals surface area (Å²) in [7, 11) is -4.55. The van der Waals surface area contributed by atoms with Gasteiger partial charge >= 0.3 is 208 Å². The van der Waals surface area contributed by atoms with Crippen LogP contribution in [0.1, 0.15) is 0 Å². The third kappa shape index (κ3) is 5.45. The SMILES string of the molecule is O[PH](Oc1cccc(OP(c2ccccc2)c2ccccc2)c1)(c1ccccc1)c1ccccc1. The van der Waals surface area contributed by atoms with Crippen molar-refractivity contribution in [2.75, 3.05) is 0 Å². The number of rotatable bonds is 8. The average Bonchev–Trinajstić information content (AvgIpc) is 2.94. The fourth-order valence-corrected chi connectivity index (χ4v) is 7.91. The molecule has 0 amide bonds. The fourth-order valence-electron chi connectivity index (χ4n) is 3.86. The molecule has 5 heteroatoms. The Bertz CT molecular complexity index is 1270. The summed E-state index contributed by atoms with van der Waals surface area (Å²) in [6, 6.07) is 47.3. The molecule has 0 radical (unpaired) electrons. The molecule has 3 nitrogen and oxygen atoms in total.